The van der Waals surface area contributed by atoms with Gasteiger partial charge in [0, 0.05) is 19.4 Å². The first kappa shape index (κ1) is 13.1. The number of carbonyl (C=O) groups excluding carboxylic acids is 1. The Kier molecular flexibility index (Phi) is 4.03. The predicted octanol–water partition coefficient (Wildman–Crippen LogP) is -0.156. The van der Waals surface area contributed by atoms with E-state index in [4.69, 9.17) is 5.11 Å². The molecule has 0 radical (unpaired) electrons. The minimum atomic E-state index is -3.55. The lowest BCUT2D eigenvalue weighted by Gasteiger charge is -2.31. The van der Waals surface area contributed by atoms with Gasteiger partial charge in [0.2, 0.25) is 10.0 Å². The van der Waals surface area contributed by atoms with Gasteiger partial charge in [0.1, 0.15) is 11.8 Å². The van der Waals surface area contributed by atoms with Crippen LogP contribution in [0.4, 0.5) is 0 Å². The van der Waals surface area contributed by atoms with Gasteiger partial charge in [0.05, 0.1) is 5.75 Å². The summed E-state index contributed by atoms with van der Waals surface area (Å²) in [5.74, 6) is -1.53. The first-order chi connectivity index (χ1) is 7.38. The highest BCUT2D eigenvalue weighted by Gasteiger charge is 2.38. The van der Waals surface area contributed by atoms with E-state index >= 15 is 0 Å². The van der Waals surface area contributed by atoms with Gasteiger partial charge >= 0.3 is 5.97 Å². The molecule has 1 aliphatic heterocycles. The van der Waals surface area contributed by atoms with E-state index < -0.39 is 22.0 Å². The number of carboxylic acids is 1. The topological polar surface area (TPSA) is 91.8 Å². The molecular formula is C9H15NO5S. The van der Waals surface area contributed by atoms with Gasteiger partial charge in [-0.3, -0.25) is 9.59 Å². The molecule has 1 atom stereocenters. The Morgan fingerprint density at radius 3 is 2.69 bits per heavy atom. The van der Waals surface area contributed by atoms with Gasteiger partial charge in [-0.25, -0.2) is 8.42 Å². The lowest BCUT2D eigenvalue weighted by Crippen LogP contribution is -2.50. The van der Waals surface area contributed by atoms with Gasteiger partial charge in [-0.05, 0) is 6.42 Å². The Morgan fingerprint density at radius 2 is 2.19 bits per heavy atom. The van der Waals surface area contributed by atoms with Crippen molar-refractivity contribution in [1.82, 2.24) is 4.31 Å². The van der Waals surface area contributed by atoms with E-state index in [1.165, 1.54) is 0 Å². The van der Waals surface area contributed by atoms with E-state index in [2.05, 4.69) is 0 Å². The summed E-state index contributed by atoms with van der Waals surface area (Å²) in [6.07, 6.45) is 0.310. The Morgan fingerprint density at radius 1 is 1.56 bits per heavy atom. The minimum Gasteiger partial charge on any atom is -0.480 e. The molecule has 7 heteroatoms. The van der Waals surface area contributed by atoms with Crippen LogP contribution in [0.3, 0.4) is 0 Å². The number of ketones is 1. The summed E-state index contributed by atoms with van der Waals surface area (Å²) in [6, 6.07) is -1.22. The maximum absolute atomic E-state index is 11.8. The van der Waals surface area contributed by atoms with Crippen LogP contribution in [0.2, 0.25) is 0 Å². The number of rotatable bonds is 4. The van der Waals surface area contributed by atoms with Gasteiger partial charge in [0.25, 0.3) is 0 Å². The summed E-state index contributed by atoms with van der Waals surface area (Å²) in [4.78, 5) is 22.0. The first-order valence-corrected chi connectivity index (χ1v) is 6.73. The van der Waals surface area contributed by atoms with E-state index in [1.54, 1.807) is 6.92 Å². The van der Waals surface area contributed by atoms with Crippen molar-refractivity contribution >= 4 is 21.8 Å². The lowest BCUT2D eigenvalue weighted by atomic mass is 10.0. The number of hydrogen-bond acceptors (Lipinski definition) is 4. The molecule has 1 heterocycles. The predicted molar refractivity (Wildman–Crippen MR) is 56.4 cm³/mol. The molecule has 6 nitrogen and oxygen atoms in total. The zero-order chi connectivity index (χ0) is 12.3. The van der Waals surface area contributed by atoms with Gasteiger partial charge in [-0.2, -0.15) is 4.31 Å². The second kappa shape index (κ2) is 4.92. The van der Waals surface area contributed by atoms with Crippen LogP contribution in [0.15, 0.2) is 0 Å². The van der Waals surface area contributed by atoms with Crippen LogP contribution in [0, 0.1) is 0 Å². The molecule has 1 saturated heterocycles. The zero-order valence-corrected chi connectivity index (χ0v) is 9.87. The van der Waals surface area contributed by atoms with Gasteiger partial charge < -0.3 is 5.11 Å². The molecule has 0 saturated carbocycles. The number of Topliss-reactive ketones (excluding diaryl/α,β-unsaturated/α-hetero) is 1. The Balaban J connectivity index is 2.93. The van der Waals surface area contributed by atoms with Crippen molar-refractivity contribution in [2.45, 2.75) is 32.2 Å². The molecule has 1 unspecified atom stereocenters. The van der Waals surface area contributed by atoms with Crippen LogP contribution in [0.5, 0.6) is 0 Å². The van der Waals surface area contributed by atoms with Crippen LogP contribution < -0.4 is 0 Å². The Bertz CT molecular complexity index is 389. The number of nitrogens with zero attached hydrogens (tertiary/aromatic N) is 1. The number of hydrogen-bond donors (Lipinski definition) is 1. The highest BCUT2D eigenvalue weighted by atomic mass is 32.2. The molecule has 0 bridgehead atoms. The largest absolute Gasteiger partial charge is 0.480 e. The molecule has 0 aromatic carbocycles. The molecule has 0 aliphatic carbocycles. The highest BCUT2D eigenvalue weighted by Crippen LogP contribution is 2.19. The van der Waals surface area contributed by atoms with E-state index in [0.717, 1.165) is 4.31 Å². The van der Waals surface area contributed by atoms with Crippen molar-refractivity contribution in [3.05, 3.63) is 0 Å². The van der Waals surface area contributed by atoms with Crippen LogP contribution >= 0.6 is 0 Å². The normalized spacial score (nSPS) is 23.3. The molecule has 1 fully saturated rings. The first-order valence-electron chi connectivity index (χ1n) is 5.12. The fourth-order valence-corrected chi connectivity index (χ4v) is 3.40. The summed E-state index contributed by atoms with van der Waals surface area (Å²) in [7, 11) is -3.55. The molecular weight excluding hydrogens is 234 g/mol. The lowest BCUT2D eigenvalue weighted by molar-refractivity contribution is -0.145. The zero-order valence-electron chi connectivity index (χ0n) is 9.05. The van der Waals surface area contributed by atoms with Crippen molar-refractivity contribution in [3.8, 4) is 0 Å². The number of carbonyl (C=O) groups is 2. The molecule has 0 spiro atoms. The summed E-state index contributed by atoms with van der Waals surface area (Å²) >= 11 is 0. The van der Waals surface area contributed by atoms with Crippen LogP contribution in [0.25, 0.3) is 0 Å². The summed E-state index contributed by atoms with van der Waals surface area (Å²) < 4.78 is 24.5. The van der Waals surface area contributed by atoms with Crippen LogP contribution in [-0.2, 0) is 19.6 Å². The average molecular weight is 249 g/mol. The molecule has 1 aliphatic rings. The molecule has 92 valence electrons. The maximum atomic E-state index is 11.8. The third-order valence-corrected chi connectivity index (χ3v) is 4.56. The molecule has 16 heavy (non-hydrogen) atoms. The standard InChI is InChI=1S/C9H15NO5S/c1-2-5-16(14,15)10-4-3-7(11)6-8(10)9(12)13/h8H,2-6H2,1H3,(H,12,13). The number of piperidine rings is 1. The molecule has 0 aromatic rings. The van der Waals surface area contributed by atoms with Crippen LogP contribution in [0.1, 0.15) is 26.2 Å². The van der Waals surface area contributed by atoms with Crippen LogP contribution in [-0.4, -0.2) is 47.9 Å². The van der Waals surface area contributed by atoms with Gasteiger partial charge in [-0.15, -0.1) is 0 Å². The van der Waals surface area contributed by atoms with Gasteiger partial charge in [0.15, 0.2) is 0 Å². The summed E-state index contributed by atoms with van der Waals surface area (Å²) in [6.45, 7) is 1.69. The quantitative estimate of drug-likeness (QED) is 0.747. The Hall–Kier alpha value is -0.950. The third kappa shape index (κ3) is 2.79. The number of aliphatic carboxylic acids is 1. The molecule has 0 amide bonds. The van der Waals surface area contributed by atoms with Crippen molar-refractivity contribution in [1.29, 1.82) is 0 Å². The average Bonchev–Trinajstić information content (AvgIpc) is 2.16. The number of carboxylic acid groups (broad SMARTS) is 1. The smallest absolute Gasteiger partial charge is 0.322 e. The molecule has 0 aromatic heterocycles. The maximum Gasteiger partial charge on any atom is 0.322 e. The second-order valence-electron chi connectivity index (χ2n) is 3.77. The van der Waals surface area contributed by atoms with Crippen molar-refractivity contribution in [3.63, 3.8) is 0 Å². The Labute approximate surface area is 94.3 Å². The number of sulfonamides is 1. The fraction of sp³-hybridized carbons (Fsp3) is 0.778. The SMILES string of the molecule is CCCS(=O)(=O)N1CCC(=O)CC1C(=O)O. The molecule has 1 rings (SSSR count). The second-order valence-corrected chi connectivity index (χ2v) is 5.81. The van der Waals surface area contributed by atoms with E-state index in [0.29, 0.717) is 6.42 Å². The van der Waals surface area contributed by atoms with E-state index in [1.807, 2.05) is 0 Å². The van der Waals surface area contributed by atoms with Gasteiger partial charge in [-0.1, -0.05) is 6.92 Å². The fourth-order valence-electron chi connectivity index (χ4n) is 1.73. The molecule has 1 N–H and O–H groups in total. The van der Waals surface area contributed by atoms with Crippen molar-refractivity contribution < 1.29 is 23.1 Å². The van der Waals surface area contributed by atoms with E-state index in [9.17, 15) is 18.0 Å². The van der Waals surface area contributed by atoms with Crippen molar-refractivity contribution in [2.75, 3.05) is 12.3 Å². The summed E-state index contributed by atoms with van der Waals surface area (Å²) in [5.41, 5.74) is 0. The highest BCUT2D eigenvalue weighted by molar-refractivity contribution is 7.89. The minimum absolute atomic E-state index is 0.0157. The van der Waals surface area contributed by atoms with Crippen molar-refractivity contribution in [2.24, 2.45) is 0 Å². The monoisotopic (exact) mass is 249 g/mol. The van der Waals surface area contributed by atoms with E-state index in [-0.39, 0.29) is 30.9 Å². The third-order valence-electron chi connectivity index (χ3n) is 2.48. The summed E-state index contributed by atoms with van der Waals surface area (Å²) in [5, 5.41) is 8.90.